The minimum Gasteiger partial charge on any atom is -0.346 e. The first-order valence-corrected chi connectivity index (χ1v) is 10.2. The molecular weight excluding hydrogens is 416 g/mol. The van der Waals surface area contributed by atoms with Crippen molar-refractivity contribution in [3.63, 3.8) is 0 Å². The van der Waals surface area contributed by atoms with Crippen LogP contribution in [0, 0.1) is 11.3 Å². The zero-order valence-electron chi connectivity index (χ0n) is 17.4. The van der Waals surface area contributed by atoms with Crippen molar-refractivity contribution in [2.75, 3.05) is 5.32 Å². The molecule has 1 amide bonds. The second kappa shape index (κ2) is 8.72. The number of H-pyrrole nitrogens is 1. The molecule has 4 aromatic heterocycles. The molecule has 0 saturated carbocycles. The van der Waals surface area contributed by atoms with E-state index in [-0.39, 0.29) is 18.4 Å². The molecule has 1 aromatic carbocycles. The molecule has 0 radical (unpaired) electrons. The van der Waals surface area contributed by atoms with E-state index in [1.165, 1.54) is 12.5 Å². The molecule has 0 aliphatic rings. The molecule has 0 aliphatic carbocycles. The first kappa shape index (κ1) is 20.1. The fourth-order valence-corrected chi connectivity index (χ4v) is 3.71. The normalized spacial score (nSPS) is 11.7. The maximum atomic E-state index is 12.5. The number of hydrogen-bond donors (Lipinski definition) is 2. The number of hydrogen-bond acceptors (Lipinski definition) is 6. The van der Waals surface area contributed by atoms with E-state index in [0.29, 0.717) is 11.3 Å². The van der Waals surface area contributed by atoms with Crippen molar-refractivity contribution in [1.29, 1.82) is 5.26 Å². The topological polar surface area (TPSA) is 125 Å². The summed E-state index contributed by atoms with van der Waals surface area (Å²) in [6, 6.07) is 14.7. The summed E-state index contributed by atoms with van der Waals surface area (Å²) in [6.07, 6.45) is 10.3. The number of nitriles is 1. The van der Waals surface area contributed by atoms with Crippen LogP contribution in [0.15, 0.2) is 79.8 Å². The van der Waals surface area contributed by atoms with Gasteiger partial charge in [0.05, 0.1) is 36.0 Å². The van der Waals surface area contributed by atoms with E-state index in [9.17, 15) is 10.1 Å². The van der Waals surface area contributed by atoms with Crippen molar-refractivity contribution >= 4 is 22.6 Å². The number of benzene rings is 1. The van der Waals surface area contributed by atoms with E-state index in [1.54, 1.807) is 35.3 Å². The highest BCUT2D eigenvalue weighted by Crippen LogP contribution is 2.28. The van der Waals surface area contributed by atoms with Gasteiger partial charge in [-0.2, -0.15) is 10.4 Å². The van der Waals surface area contributed by atoms with E-state index in [0.717, 1.165) is 27.9 Å². The summed E-state index contributed by atoms with van der Waals surface area (Å²) in [5, 5.41) is 17.8. The highest BCUT2D eigenvalue weighted by atomic mass is 16.1. The summed E-state index contributed by atoms with van der Waals surface area (Å²) in [7, 11) is 0. The van der Waals surface area contributed by atoms with Gasteiger partial charge in [0.15, 0.2) is 0 Å². The van der Waals surface area contributed by atoms with Crippen LogP contribution in [0.3, 0.4) is 0 Å². The average molecular weight is 434 g/mol. The number of carbonyl (C=O) groups excluding carboxylic acids is 1. The SMILES string of the molecule is N#CCC(c1cccc(NC(=O)c2cccnc2)c1)n1cc(-c2ncnc3[nH]ccc23)cn1. The van der Waals surface area contributed by atoms with Crippen LogP contribution in [-0.4, -0.2) is 35.6 Å². The molecule has 160 valence electrons. The van der Waals surface area contributed by atoms with Gasteiger partial charge in [-0.15, -0.1) is 0 Å². The summed E-state index contributed by atoms with van der Waals surface area (Å²) in [5.41, 5.74) is 4.28. The van der Waals surface area contributed by atoms with Crippen LogP contribution < -0.4 is 5.32 Å². The Hall–Kier alpha value is -4.84. The van der Waals surface area contributed by atoms with Crippen molar-refractivity contribution in [3.8, 4) is 17.3 Å². The number of pyridine rings is 1. The van der Waals surface area contributed by atoms with Crippen LogP contribution in [0.25, 0.3) is 22.3 Å². The first-order valence-electron chi connectivity index (χ1n) is 10.2. The van der Waals surface area contributed by atoms with Gasteiger partial charge in [-0.3, -0.25) is 14.5 Å². The lowest BCUT2D eigenvalue weighted by molar-refractivity contribution is 0.102. The second-order valence-electron chi connectivity index (χ2n) is 7.37. The summed E-state index contributed by atoms with van der Waals surface area (Å²) in [4.78, 5) is 28.2. The van der Waals surface area contributed by atoms with Crippen LogP contribution in [0.2, 0.25) is 0 Å². The Morgan fingerprint density at radius 3 is 2.97 bits per heavy atom. The van der Waals surface area contributed by atoms with Crippen LogP contribution >= 0.6 is 0 Å². The molecule has 1 atom stereocenters. The second-order valence-corrected chi connectivity index (χ2v) is 7.37. The summed E-state index contributed by atoms with van der Waals surface area (Å²) >= 11 is 0. The first-order chi connectivity index (χ1) is 16.2. The Bertz CT molecular complexity index is 1460. The lowest BCUT2D eigenvalue weighted by Crippen LogP contribution is -2.14. The number of nitrogens with zero attached hydrogens (tertiary/aromatic N) is 6. The number of anilines is 1. The number of amides is 1. The number of nitrogens with one attached hydrogen (secondary N) is 2. The van der Waals surface area contributed by atoms with Crippen molar-refractivity contribution in [2.45, 2.75) is 12.5 Å². The van der Waals surface area contributed by atoms with Gasteiger partial charge in [-0.25, -0.2) is 9.97 Å². The molecule has 0 saturated heterocycles. The summed E-state index contributed by atoms with van der Waals surface area (Å²) in [5.74, 6) is -0.252. The smallest absolute Gasteiger partial charge is 0.257 e. The van der Waals surface area contributed by atoms with Gasteiger partial charge >= 0.3 is 0 Å². The number of rotatable bonds is 6. The molecule has 9 heteroatoms. The van der Waals surface area contributed by atoms with Gasteiger partial charge in [-0.1, -0.05) is 12.1 Å². The predicted octanol–water partition coefficient (Wildman–Crippen LogP) is 3.97. The van der Waals surface area contributed by atoms with Crippen molar-refractivity contribution in [1.82, 2.24) is 29.7 Å². The lowest BCUT2D eigenvalue weighted by atomic mass is 10.0. The Morgan fingerprint density at radius 2 is 2.12 bits per heavy atom. The molecule has 0 spiro atoms. The van der Waals surface area contributed by atoms with E-state index >= 15 is 0 Å². The highest BCUT2D eigenvalue weighted by Gasteiger charge is 2.18. The van der Waals surface area contributed by atoms with E-state index < -0.39 is 0 Å². The number of aromatic nitrogens is 6. The predicted molar refractivity (Wildman–Crippen MR) is 122 cm³/mol. The maximum absolute atomic E-state index is 12.5. The van der Waals surface area contributed by atoms with Crippen LogP contribution in [0.5, 0.6) is 0 Å². The summed E-state index contributed by atoms with van der Waals surface area (Å²) in [6.45, 7) is 0. The molecule has 33 heavy (non-hydrogen) atoms. The number of fused-ring (bicyclic) bond motifs is 1. The van der Waals surface area contributed by atoms with Gasteiger partial charge in [0, 0.05) is 41.4 Å². The molecule has 5 aromatic rings. The van der Waals surface area contributed by atoms with Gasteiger partial charge in [-0.05, 0) is 35.9 Å². The molecule has 0 bridgehead atoms. The molecule has 1 unspecified atom stereocenters. The largest absolute Gasteiger partial charge is 0.346 e. The van der Waals surface area contributed by atoms with Gasteiger partial charge < -0.3 is 10.3 Å². The Balaban J connectivity index is 1.44. The van der Waals surface area contributed by atoms with E-state index in [4.69, 9.17) is 0 Å². The van der Waals surface area contributed by atoms with Crippen molar-refractivity contribution < 1.29 is 4.79 Å². The van der Waals surface area contributed by atoms with E-state index in [2.05, 4.69) is 36.4 Å². The molecule has 9 nitrogen and oxygen atoms in total. The van der Waals surface area contributed by atoms with Crippen LogP contribution in [-0.2, 0) is 0 Å². The Labute approximate surface area is 188 Å². The minimum atomic E-state index is -0.331. The van der Waals surface area contributed by atoms with Gasteiger partial charge in [0.25, 0.3) is 5.91 Å². The minimum absolute atomic E-state index is 0.213. The van der Waals surface area contributed by atoms with Crippen LogP contribution in [0.4, 0.5) is 5.69 Å². The van der Waals surface area contributed by atoms with Crippen LogP contribution in [0.1, 0.15) is 28.4 Å². The van der Waals surface area contributed by atoms with E-state index in [1.807, 2.05) is 36.7 Å². The van der Waals surface area contributed by atoms with Gasteiger partial charge in [0.2, 0.25) is 0 Å². The number of carbonyl (C=O) groups is 1. The lowest BCUT2D eigenvalue weighted by Gasteiger charge is -2.16. The zero-order valence-corrected chi connectivity index (χ0v) is 17.4. The molecule has 0 aliphatic heterocycles. The third-order valence-corrected chi connectivity index (χ3v) is 5.29. The molecule has 5 rings (SSSR count). The van der Waals surface area contributed by atoms with Crippen molar-refractivity contribution in [3.05, 3.63) is 90.9 Å². The molecule has 4 heterocycles. The third kappa shape index (κ3) is 4.05. The molecule has 2 N–H and O–H groups in total. The summed E-state index contributed by atoms with van der Waals surface area (Å²) < 4.78 is 1.75. The fraction of sp³-hybridized carbons (Fsp3) is 0.0833. The standard InChI is InChI=1S/C24H18N8O/c25-8-6-21(16-3-1-5-19(11-16)31-24(33)17-4-2-9-26-12-17)32-14-18(13-30-32)22-20-7-10-27-23(20)29-15-28-22/h1-5,7,9-15,21H,6H2,(H,31,33)(H,27,28,29). The quantitative estimate of drug-likeness (QED) is 0.416. The average Bonchev–Trinajstić information content (AvgIpc) is 3.53. The maximum Gasteiger partial charge on any atom is 0.257 e. The zero-order chi connectivity index (χ0) is 22.6. The van der Waals surface area contributed by atoms with Gasteiger partial charge in [0.1, 0.15) is 12.0 Å². The van der Waals surface area contributed by atoms with Crippen molar-refractivity contribution in [2.24, 2.45) is 0 Å². The Morgan fingerprint density at radius 1 is 1.18 bits per heavy atom. The monoisotopic (exact) mass is 434 g/mol. The third-order valence-electron chi connectivity index (χ3n) is 5.29. The molecule has 0 fully saturated rings. The number of aromatic amines is 1. The highest BCUT2D eigenvalue weighted by molar-refractivity contribution is 6.04. The molecular formula is C24H18N8O. The Kier molecular flexibility index (Phi) is 5.31. The fourth-order valence-electron chi connectivity index (χ4n) is 3.71.